The van der Waals surface area contributed by atoms with Gasteiger partial charge in [0, 0.05) is 37.6 Å². The molecule has 1 aliphatic heterocycles. The number of piperidine rings is 1. The Morgan fingerprint density at radius 1 is 1.41 bits per heavy atom. The Balaban J connectivity index is 1.90. The molecule has 0 spiro atoms. The third-order valence-electron chi connectivity index (χ3n) is 3.76. The van der Waals surface area contributed by atoms with Crippen LogP contribution in [0.2, 0.25) is 5.02 Å². The molecule has 2 aromatic rings. The number of nitrogens with zero attached hydrogens (tertiary/aromatic N) is 3. The SMILES string of the molecule is Nc1ncc(Cl)cc1S(=O)(=O)N1CCC[C@H](c2ncc[nH]2)C1. The molecule has 3 rings (SSSR count). The Labute approximate surface area is 133 Å². The normalized spacial score (nSPS) is 20.1. The molecule has 22 heavy (non-hydrogen) atoms. The predicted octanol–water partition coefficient (Wildman–Crippen LogP) is 1.61. The van der Waals surface area contributed by atoms with Crippen molar-refractivity contribution in [1.82, 2.24) is 19.3 Å². The number of pyridine rings is 1. The highest BCUT2D eigenvalue weighted by Crippen LogP contribution is 2.30. The van der Waals surface area contributed by atoms with Gasteiger partial charge in [-0.05, 0) is 18.9 Å². The molecule has 0 aliphatic carbocycles. The Kier molecular flexibility index (Phi) is 4.07. The highest BCUT2D eigenvalue weighted by Gasteiger charge is 2.33. The van der Waals surface area contributed by atoms with Crippen molar-refractivity contribution in [3.8, 4) is 0 Å². The number of rotatable bonds is 3. The van der Waals surface area contributed by atoms with E-state index in [1.165, 1.54) is 16.6 Å². The van der Waals surface area contributed by atoms with Crippen LogP contribution in [0.5, 0.6) is 0 Å². The highest BCUT2D eigenvalue weighted by atomic mass is 35.5. The molecule has 9 heteroatoms. The molecule has 0 radical (unpaired) electrons. The Hall–Kier alpha value is -1.64. The summed E-state index contributed by atoms with van der Waals surface area (Å²) in [5.41, 5.74) is 5.72. The van der Waals surface area contributed by atoms with E-state index in [2.05, 4.69) is 15.0 Å². The highest BCUT2D eigenvalue weighted by molar-refractivity contribution is 7.89. The third-order valence-corrected chi connectivity index (χ3v) is 5.86. The van der Waals surface area contributed by atoms with Gasteiger partial charge in [0.1, 0.15) is 16.5 Å². The number of imidazole rings is 1. The van der Waals surface area contributed by atoms with Gasteiger partial charge in [0.05, 0.1) is 5.02 Å². The molecule has 118 valence electrons. The van der Waals surface area contributed by atoms with E-state index < -0.39 is 10.0 Å². The largest absolute Gasteiger partial charge is 0.383 e. The van der Waals surface area contributed by atoms with E-state index in [1.807, 2.05) is 0 Å². The van der Waals surface area contributed by atoms with Crippen molar-refractivity contribution in [3.05, 3.63) is 35.5 Å². The van der Waals surface area contributed by atoms with Gasteiger partial charge in [0.2, 0.25) is 10.0 Å². The van der Waals surface area contributed by atoms with Crippen LogP contribution < -0.4 is 5.73 Å². The average molecular weight is 342 g/mol. The van der Waals surface area contributed by atoms with Crippen LogP contribution in [0.1, 0.15) is 24.6 Å². The fraction of sp³-hybridized carbons (Fsp3) is 0.385. The smallest absolute Gasteiger partial charge is 0.246 e. The van der Waals surface area contributed by atoms with Gasteiger partial charge in [-0.25, -0.2) is 18.4 Å². The van der Waals surface area contributed by atoms with Gasteiger partial charge in [-0.2, -0.15) is 4.31 Å². The first-order valence-electron chi connectivity index (χ1n) is 6.89. The molecule has 3 heterocycles. The minimum absolute atomic E-state index is 0.0375. The van der Waals surface area contributed by atoms with E-state index in [0.717, 1.165) is 18.7 Å². The molecule has 7 nitrogen and oxygen atoms in total. The molecule has 0 saturated carbocycles. The fourth-order valence-electron chi connectivity index (χ4n) is 2.66. The molecule has 1 saturated heterocycles. The minimum Gasteiger partial charge on any atom is -0.383 e. The summed E-state index contributed by atoms with van der Waals surface area (Å²) in [4.78, 5) is 11.1. The number of nitrogen functional groups attached to an aromatic ring is 1. The first kappa shape index (κ1) is 15.3. The zero-order valence-electron chi connectivity index (χ0n) is 11.7. The number of hydrogen-bond donors (Lipinski definition) is 2. The number of halogens is 1. The summed E-state index contributed by atoms with van der Waals surface area (Å²) >= 11 is 5.86. The molecule has 0 unspecified atom stereocenters. The lowest BCUT2D eigenvalue weighted by Crippen LogP contribution is -2.39. The van der Waals surface area contributed by atoms with Gasteiger partial charge in [-0.3, -0.25) is 0 Å². The lowest BCUT2D eigenvalue weighted by Gasteiger charge is -2.31. The summed E-state index contributed by atoms with van der Waals surface area (Å²) in [7, 11) is -3.72. The van der Waals surface area contributed by atoms with E-state index in [1.54, 1.807) is 12.4 Å². The molecule has 1 aliphatic rings. The molecule has 0 amide bonds. The molecule has 2 aromatic heterocycles. The maximum atomic E-state index is 12.8. The van der Waals surface area contributed by atoms with Gasteiger partial charge < -0.3 is 10.7 Å². The maximum Gasteiger partial charge on any atom is 0.246 e. The maximum absolute atomic E-state index is 12.8. The van der Waals surface area contributed by atoms with E-state index in [-0.39, 0.29) is 21.7 Å². The van der Waals surface area contributed by atoms with E-state index in [0.29, 0.717) is 13.1 Å². The Morgan fingerprint density at radius 2 is 2.23 bits per heavy atom. The summed E-state index contributed by atoms with van der Waals surface area (Å²) in [6, 6.07) is 1.34. The van der Waals surface area contributed by atoms with Crippen LogP contribution in [0.3, 0.4) is 0 Å². The minimum atomic E-state index is -3.72. The first-order chi connectivity index (χ1) is 10.5. The number of sulfonamides is 1. The monoisotopic (exact) mass is 341 g/mol. The van der Waals surface area contributed by atoms with Crippen molar-refractivity contribution >= 4 is 27.4 Å². The number of anilines is 1. The summed E-state index contributed by atoms with van der Waals surface area (Å²) in [6.07, 6.45) is 6.39. The topological polar surface area (TPSA) is 105 Å². The zero-order chi connectivity index (χ0) is 15.7. The van der Waals surface area contributed by atoms with Gasteiger partial charge in [0.25, 0.3) is 0 Å². The molecule has 1 atom stereocenters. The Morgan fingerprint density at radius 3 is 2.95 bits per heavy atom. The van der Waals surface area contributed by atoms with Crippen LogP contribution in [0.25, 0.3) is 0 Å². The average Bonchev–Trinajstić information content (AvgIpc) is 3.04. The van der Waals surface area contributed by atoms with Gasteiger partial charge in [-0.1, -0.05) is 11.6 Å². The number of hydrogen-bond acceptors (Lipinski definition) is 5. The summed E-state index contributed by atoms with van der Waals surface area (Å²) < 4.78 is 27.0. The second-order valence-corrected chi connectivity index (χ2v) is 7.56. The van der Waals surface area contributed by atoms with Crippen LogP contribution in [0, 0.1) is 0 Å². The summed E-state index contributed by atoms with van der Waals surface area (Å²) in [5.74, 6) is 0.813. The predicted molar refractivity (Wildman–Crippen MR) is 83.0 cm³/mol. The molecular weight excluding hydrogens is 326 g/mol. The second kappa shape index (κ2) is 5.86. The van der Waals surface area contributed by atoms with E-state index in [9.17, 15) is 8.42 Å². The quantitative estimate of drug-likeness (QED) is 0.882. The number of nitrogens with one attached hydrogen (secondary N) is 1. The molecule has 0 bridgehead atoms. The van der Waals surface area contributed by atoms with Gasteiger partial charge >= 0.3 is 0 Å². The molecule has 1 fully saturated rings. The number of nitrogens with two attached hydrogens (primary N) is 1. The fourth-order valence-corrected chi connectivity index (χ4v) is 4.50. The third kappa shape index (κ3) is 2.81. The van der Waals surface area contributed by atoms with Crippen molar-refractivity contribution in [1.29, 1.82) is 0 Å². The van der Waals surface area contributed by atoms with Crippen molar-refractivity contribution in [2.75, 3.05) is 18.8 Å². The number of aromatic nitrogens is 3. The van der Waals surface area contributed by atoms with Crippen molar-refractivity contribution < 1.29 is 8.42 Å². The van der Waals surface area contributed by atoms with Crippen LogP contribution >= 0.6 is 11.6 Å². The van der Waals surface area contributed by atoms with Crippen LogP contribution in [-0.2, 0) is 10.0 Å². The zero-order valence-corrected chi connectivity index (χ0v) is 13.3. The van der Waals surface area contributed by atoms with Crippen LogP contribution in [0.4, 0.5) is 5.82 Å². The van der Waals surface area contributed by atoms with Crippen LogP contribution in [0.15, 0.2) is 29.6 Å². The molecule has 3 N–H and O–H groups in total. The van der Waals surface area contributed by atoms with E-state index in [4.69, 9.17) is 17.3 Å². The van der Waals surface area contributed by atoms with E-state index >= 15 is 0 Å². The second-order valence-electron chi connectivity index (χ2n) is 5.21. The lowest BCUT2D eigenvalue weighted by atomic mass is 9.99. The first-order valence-corrected chi connectivity index (χ1v) is 8.70. The molecular formula is C13H16ClN5O2S. The number of aromatic amines is 1. The summed E-state index contributed by atoms with van der Waals surface area (Å²) in [5, 5.41) is 0.243. The lowest BCUT2D eigenvalue weighted by molar-refractivity contribution is 0.310. The van der Waals surface area contributed by atoms with Crippen molar-refractivity contribution in [2.24, 2.45) is 0 Å². The van der Waals surface area contributed by atoms with Crippen LogP contribution in [-0.4, -0.2) is 40.8 Å². The summed E-state index contributed by atoms with van der Waals surface area (Å²) in [6.45, 7) is 0.813. The Bertz CT molecular complexity index is 763. The number of H-pyrrole nitrogens is 1. The van der Waals surface area contributed by atoms with Crippen molar-refractivity contribution in [2.45, 2.75) is 23.7 Å². The van der Waals surface area contributed by atoms with Gasteiger partial charge in [-0.15, -0.1) is 0 Å². The molecule has 0 aromatic carbocycles. The van der Waals surface area contributed by atoms with Crippen molar-refractivity contribution in [3.63, 3.8) is 0 Å². The standard InChI is InChI=1S/C13H16ClN5O2S/c14-10-6-11(12(15)18-7-10)22(20,21)19-5-1-2-9(8-19)13-16-3-4-17-13/h3-4,6-7,9H,1-2,5,8H2,(H2,15,18)(H,16,17)/t9-/m0/s1. The van der Waals surface area contributed by atoms with Gasteiger partial charge in [0.15, 0.2) is 0 Å².